The number of nitrogens with one attached hydrogen (secondary N) is 1. The van der Waals surface area contributed by atoms with Gasteiger partial charge in [0.15, 0.2) is 0 Å². The van der Waals surface area contributed by atoms with E-state index in [2.05, 4.69) is 198 Å². The SMILES string of the molecule is C1=Cc2c(n(-c3cccc(-c4ccccc4)c3)c3c(-c4cccc(-c5ccccc5Nc5cccc(-c6ccccc6)c5)c4)cccc23)CC1. The van der Waals surface area contributed by atoms with E-state index in [1.54, 1.807) is 0 Å². The van der Waals surface area contributed by atoms with Crippen molar-refractivity contribution < 1.29 is 0 Å². The normalized spacial score (nSPS) is 12.2. The molecule has 0 atom stereocenters. The van der Waals surface area contributed by atoms with Gasteiger partial charge in [-0.3, -0.25) is 0 Å². The summed E-state index contributed by atoms with van der Waals surface area (Å²) in [4.78, 5) is 0. The summed E-state index contributed by atoms with van der Waals surface area (Å²) in [5.41, 5.74) is 16.9. The molecule has 0 fully saturated rings. The van der Waals surface area contributed by atoms with E-state index in [4.69, 9.17) is 0 Å². The van der Waals surface area contributed by atoms with Crippen molar-refractivity contribution in [3.05, 3.63) is 193 Å². The number of benzene rings is 7. The van der Waals surface area contributed by atoms with Crippen LogP contribution in [0.4, 0.5) is 11.4 Å². The predicted molar refractivity (Wildman–Crippen MR) is 212 cm³/mol. The third-order valence-electron chi connectivity index (χ3n) is 9.83. The Morgan fingerprint density at radius 2 is 1.06 bits per heavy atom. The molecule has 1 N–H and O–H groups in total. The third-order valence-corrected chi connectivity index (χ3v) is 9.83. The molecule has 0 radical (unpaired) electrons. The Kier molecular flexibility index (Phi) is 7.68. The summed E-state index contributed by atoms with van der Waals surface area (Å²) in [7, 11) is 0. The standard InChI is InChI=1S/C48H36N2/c1-3-15-34(16-4-1)36-19-12-23-40(32-36)49-46-29-9-7-25-42(46)38-21-11-22-39(31-38)43-27-14-28-45-44-26-8-10-30-47(44)50(48(43)45)41-24-13-20-37(33-41)35-17-5-2-6-18-35/h1-9,11-29,31-33,49H,10,30H2. The average molecular weight is 641 g/mol. The van der Waals surface area contributed by atoms with Gasteiger partial charge in [0.05, 0.1) is 5.52 Å². The van der Waals surface area contributed by atoms with Crippen LogP contribution in [0.5, 0.6) is 0 Å². The predicted octanol–water partition coefficient (Wildman–Crippen LogP) is 13.0. The van der Waals surface area contributed by atoms with Crippen LogP contribution in [0.2, 0.25) is 0 Å². The first-order chi connectivity index (χ1) is 24.8. The lowest BCUT2D eigenvalue weighted by Crippen LogP contribution is -2.03. The maximum absolute atomic E-state index is 3.74. The minimum atomic E-state index is 1.01. The second kappa shape index (κ2) is 12.9. The molecule has 1 aliphatic carbocycles. The lowest BCUT2D eigenvalue weighted by Gasteiger charge is -2.17. The first-order valence-electron chi connectivity index (χ1n) is 17.4. The highest BCUT2D eigenvalue weighted by Gasteiger charge is 2.22. The Morgan fingerprint density at radius 1 is 0.460 bits per heavy atom. The summed E-state index contributed by atoms with van der Waals surface area (Å²) < 4.78 is 2.53. The second-order valence-corrected chi connectivity index (χ2v) is 13.0. The maximum atomic E-state index is 3.74. The van der Waals surface area contributed by atoms with E-state index in [1.807, 2.05) is 0 Å². The number of hydrogen-bond donors (Lipinski definition) is 1. The number of aromatic nitrogens is 1. The first-order valence-corrected chi connectivity index (χ1v) is 17.4. The minimum Gasteiger partial charge on any atom is -0.355 e. The van der Waals surface area contributed by atoms with E-state index in [9.17, 15) is 0 Å². The molecule has 1 aromatic heterocycles. The molecule has 8 aromatic rings. The zero-order chi connectivity index (χ0) is 33.3. The van der Waals surface area contributed by atoms with Gasteiger partial charge in [0.2, 0.25) is 0 Å². The molecular weight excluding hydrogens is 605 g/mol. The van der Waals surface area contributed by atoms with Crippen LogP contribution >= 0.6 is 0 Å². The molecule has 9 rings (SSSR count). The van der Waals surface area contributed by atoms with E-state index < -0.39 is 0 Å². The number of anilines is 2. The van der Waals surface area contributed by atoms with Gasteiger partial charge in [-0.25, -0.2) is 0 Å². The number of rotatable bonds is 7. The lowest BCUT2D eigenvalue weighted by molar-refractivity contribution is 0.889. The van der Waals surface area contributed by atoms with Gasteiger partial charge in [0.1, 0.15) is 0 Å². The number of fused-ring (bicyclic) bond motifs is 3. The van der Waals surface area contributed by atoms with Gasteiger partial charge in [0.25, 0.3) is 0 Å². The summed E-state index contributed by atoms with van der Waals surface area (Å²) in [5.74, 6) is 0. The van der Waals surface area contributed by atoms with Gasteiger partial charge in [-0.05, 0) is 82.6 Å². The average Bonchev–Trinajstić information content (AvgIpc) is 3.54. The van der Waals surface area contributed by atoms with E-state index in [0.717, 1.165) is 24.2 Å². The Balaban J connectivity index is 1.15. The minimum absolute atomic E-state index is 1.01. The van der Waals surface area contributed by atoms with Crippen molar-refractivity contribution >= 4 is 28.4 Å². The number of para-hydroxylation sites is 2. The van der Waals surface area contributed by atoms with Crippen molar-refractivity contribution in [3.8, 4) is 50.2 Å². The molecule has 1 aliphatic rings. The van der Waals surface area contributed by atoms with Crippen molar-refractivity contribution in [1.82, 2.24) is 4.57 Å². The fourth-order valence-electron chi connectivity index (χ4n) is 7.50. The molecule has 0 saturated heterocycles. The van der Waals surface area contributed by atoms with Gasteiger partial charge >= 0.3 is 0 Å². The summed E-state index contributed by atoms with van der Waals surface area (Å²) >= 11 is 0. The highest BCUT2D eigenvalue weighted by molar-refractivity contribution is 6.02. The van der Waals surface area contributed by atoms with E-state index >= 15 is 0 Å². The van der Waals surface area contributed by atoms with Crippen molar-refractivity contribution in [2.45, 2.75) is 12.8 Å². The second-order valence-electron chi connectivity index (χ2n) is 13.0. The third kappa shape index (κ3) is 5.51. The van der Waals surface area contributed by atoms with Crippen LogP contribution in [0.1, 0.15) is 17.7 Å². The van der Waals surface area contributed by atoms with Crippen molar-refractivity contribution in [3.63, 3.8) is 0 Å². The number of hydrogen-bond acceptors (Lipinski definition) is 1. The van der Waals surface area contributed by atoms with Crippen LogP contribution < -0.4 is 5.32 Å². The molecular formula is C48H36N2. The molecule has 0 saturated carbocycles. The summed E-state index contributed by atoms with van der Waals surface area (Å²) in [5, 5.41) is 5.04. The molecule has 1 heterocycles. The van der Waals surface area contributed by atoms with Crippen molar-refractivity contribution in [2.24, 2.45) is 0 Å². The maximum Gasteiger partial charge on any atom is 0.0616 e. The van der Waals surface area contributed by atoms with Crippen LogP contribution in [0.15, 0.2) is 182 Å². The Hall–Kier alpha value is -6.38. The van der Waals surface area contributed by atoms with Crippen molar-refractivity contribution in [1.29, 1.82) is 0 Å². The summed E-state index contributed by atoms with van der Waals surface area (Å²) in [6, 6.07) is 63.3. The van der Waals surface area contributed by atoms with Crippen molar-refractivity contribution in [2.75, 3.05) is 5.32 Å². The molecule has 0 bridgehead atoms. The number of allylic oxidation sites excluding steroid dienone is 1. The van der Waals surface area contributed by atoms with Gasteiger partial charge < -0.3 is 9.88 Å². The van der Waals surface area contributed by atoms with Gasteiger partial charge in [-0.1, -0.05) is 152 Å². The van der Waals surface area contributed by atoms with Crippen LogP contribution in [-0.4, -0.2) is 4.57 Å². The van der Waals surface area contributed by atoms with Gasteiger partial charge in [-0.15, -0.1) is 0 Å². The van der Waals surface area contributed by atoms with Crippen LogP contribution in [0.3, 0.4) is 0 Å². The monoisotopic (exact) mass is 640 g/mol. The molecule has 50 heavy (non-hydrogen) atoms. The fraction of sp³-hybridized carbons (Fsp3) is 0.0417. The largest absolute Gasteiger partial charge is 0.355 e. The molecule has 0 amide bonds. The first kappa shape index (κ1) is 29.7. The molecule has 2 heteroatoms. The zero-order valence-corrected chi connectivity index (χ0v) is 27.8. The summed E-state index contributed by atoms with van der Waals surface area (Å²) in [6.45, 7) is 0. The van der Waals surface area contributed by atoms with Crippen LogP contribution in [-0.2, 0) is 6.42 Å². The van der Waals surface area contributed by atoms with Crippen LogP contribution in [0, 0.1) is 0 Å². The topological polar surface area (TPSA) is 17.0 Å². The zero-order valence-electron chi connectivity index (χ0n) is 27.8. The summed E-state index contributed by atoms with van der Waals surface area (Å²) in [6.07, 6.45) is 6.71. The quantitative estimate of drug-likeness (QED) is 0.183. The van der Waals surface area contributed by atoms with E-state index in [1.165, 1.54) is 72.4 Å². The smallest absolute Gasteiger partial charge is 0.0616 e. The molecule has 7 aromatic carbocycles. The van der Waals surface area contributed by atoms with Crippen LogP contribution in [0.25, 0.3) is 67.2 Å². The van der Waals surface area contributed by atoms with Gasteiger partial charge in [0, 0.05) is 44.8 Å². The van der Waals surface area contributed by atoms with E-state index in [-0.39, 0.29) is 0 Å². The highest BCUT2D eigenvalue weighted by Crippen LogP contribution is 2.41. The fourth-order valence-corrected chi connectivity index (χ4v) is 7.50. The molecule has 0 aliphatic heterocycles. The van der Waals surface area contributed by atoms with E-state index in [0.29, 0.717) is 0 Å². The van der Waals surface area contributed by atoms with Gasteiger partial charge in [-0.2, -0.15) is 0 Å². The molecule has 0 unspecified atom stereocenters. The lowest BCUT2D eigenvalue weighted by atomic mass is 9.95. The number of nitrogens with zero attached hydrogens (tertiary/aromatic N) is 1. The Bertz CT molecular complexity index is 2500. The Morgan fingerprint density at radius 3 is 1.86 bits per heavy atom. The molecule has 2 nitrogen and oxygen atoms in total. The molecule has 238 valence electrons. The molecule has 0 spiro atoms. The highest BCUT2D eigenvalue weighted by atomic mass is 15.0. The Labute approximate surface area is 293 Å².